The van der Waals surface area contributed by atoms with Gasteiger partial charge in [-0.1, -0.05) is 19.1 Å². The van der Waals surface area contributed by atoms with Gasteiger partial charge in [0.1, 0.15) is 0 Å². The minimum absolute atomic E-state index is 0.0724. The van der Waals surface area contributed by atoms with Gasteiger partial charge in [0.15, 0.2) is 6.61 Å². The number of ether oxygens (including phenoxy) is 1. The average Bonchev–Trinajstić information content (AvgIpc) is 2.52. The number of benzene rings is 1. The zero-order chi connectivity index (χ0) is 17.4. The number of hydrogen-bond donors (Lipinski definition) is 2. The molecule has 7 nitrogen and oxygen atoms in total. The van der Waals surface area contributed by atoms with Crippen molar-refractivity contribution in [1.29, 1.82) is 0 Å². The summed E-state index contributed by atoms with van der Waals surface area (Å²) in [6.07, 6.45) is 2.17. The molecule has 0 saturated heterocycles. The highest BCUT2D eigenvalue weighted by Gasteiger charge is 2.17. The lowest BCUT2D eigenvalue weighted by molar-refractivity contribution is -0.123. The number of carbonyl (C=O) groups excluding carboxylic acids is 3. The van der Waals surface area contributed by atoms with Gasteiger partial charge in [-0.3, -0.25) is 14.3 Å². The van der Waals surface area contributed by atoms with E-state index >= 15 is 0 Å². The number of esters is 1. The van der Waals surface area contributed by atoms with Gasteiger partial charge >= 0.3 is 12.0 Å². The van der Waals surface area contributed by atoms with Gasteiger partial charge < -0.3 is 10.1 Å². The lowest BCUT2D eigenvalue weighted by Crippen LogP contribution is -2.44. The summed E-state index contributed by atoms with van der Waals surface area (Å²) in [6, 6.07) is 5.55. The summed E-state index contributed by atoms with van der Waals surface area (Å²) < 4.78 is 16.4. The van der Waals surface area contributed by atoms with Gasteiger partial charge in [-0.2, -0.15) is 0 Å². The summed E-state index contributed by atoms with van der Waals surface area (Å²) in [5.74, 6) is -1.51. The van der Waals surface area contributed by atoms with Crippen molar-refractivity contribution in [2.24, 2.45) is 0 Å². The lowest BCUT2D eigenvalue weighted by atomic mass is 10.2. The molecule has 0 aliphatic carbocycles. The summed E-state index contributed by atoms with van der Waals surface area (Å²) in [4.78, 5) is 35.3. The fourth-order valence-corrected chi connectivity index (χ4v) is 2.35. The van der Waals surface area contributed by atoms with Crippen molar-refractivity contribution in [3.63, 3.8) is 0 Å². The molecule has 0 unspecified atom stereocenters. The van der Waals surface area contributed by atoms with E-state index in [1.54, 1.807) is 25.1 Å². The van der Waals surface area contributed by atoms with Crippen LogP contribution in [0.15, 0.2) is 29.2 Å². The van der Waals surface area contributed by atoms with Crippen LogP contribution in [0.2, 0.25) is 0 Å². The van der Waals surface area contributed by atoms with Crippen LogP contribution < -0.4 is 10.6 Å². The number of amides is 3. The van der Waals surface area contributed by atoms with E-state index in [0.29, 0.717) is 4.90 Å². The van der Waals surface area contributed by atoms with Gasteiger partial charge in [-0.05, 0) is 25.5 Å². The molecule has 3 amide bonds. The predicted molar refractivity (Wildman–Crippen MR) is 85.5 cm³/mol. The second-order valence-electron chi connectivity index (χ2n) is 4.86. The highest BCUT2D eigenvalue weighted by atomic mass is 32.2. The second kappa shape index (κ2) is 9.04. The van der Waals surface area contributed by atoms with E-state index in [1.807, 2.05) is 6.92 Å². The third-order valence-electron chi connectivity index (χ3n) is 2.99. The summed E-state index contributed by atoms with van der Waals surface area (Å²) >= 11 is 0. The van der Waals surface area contributed by atoms with E-state index in [2.05, 4.69) is 10.6 Å². The van der Waals surface area contributed by atoms with Crippen LogP contribution in [0.25, 0.3) is 0 Å². The fraction of sp³-hybridized carbons (Fsp3) is 0.400. The van der Waals surface area contributed by atoms with Crippen LogP contribution in [0.1, 0.15) is 30.6 Å². The third kappa shape index (κ3) is 6.19. The second-order valence-corrected chi connectivity index (χ2v) is 6.21. The van der Waals surface area contributed by atoms with Crippen LogP contribution in [0.4, 0.5) is 4.79 Å². The van der Waals surface area contributed by atoms with Crippen LogP contribution in [0, 0.1) is 0 Å². The molecular weight excluding hydrogens is 320 g/mol. The molecule has 0 aliphatic heterocycles. The molecule has 23 heavy (non-hydrogen) atoms. The smallest absolute Gasteiger partial charge is 0.339 e. The molecule has 126 valence electrons. The number of carbonyl (C=O) groups is 3. The quantitative estimate of drug-likeness (QED) is 0.758. The zero-order valence-electron chi connectivity index (χ0n) is 13.3. The molecule has 0 heterocycles. The molecule has 1 rings (SSSR count). The molecule has 1 aromatic carbocycles. The van der Waals surface area contributed by atoms with Crippen molar-refractivity contribution in [1.82, 2.24) is 10.6 Å². The molecule has 0 radical (unpaired) electrons. The Kier molecular flexibility index (Phi) is 7.40. The number of nitrogens with one attached hydrogen (secondary N) is 2. The average molecular weight is 340 g/mol. The first-order chi connectivity index (χ1) is 10.8. The Morgan fingerprint density at radius 2 is 1.91 bits per heavy atom. The lowest BCUT2D eigenvalue weighted by Gasteiger charge is -2.12. The van der Waals surface area contributed by atoms with Crippen molar-refractivity contribution >= 4 is 28.7 Å². The van der Waals surface area contributed by atoms with Gasteiger partial charge in [0.25, 0.3) is 5.91 Å². The van der Waals surface area contributed by atoms with E-state index in [1.165, 1.54) is 12.3 Å². The minimum Gasteiger partial charge on any atom is -0.452 e. The number of imide groups is 1. The molecular formula is C15H20N2O5S. The minimum atomic E-state index is -1.36. The maximum absolute atomic E-state index is 11.9. The van der Waals surface area contributed by atoms with E-state index in [9.17, 15) is 18.6 Å². The molecule has 0 aliphatic rings. The number of rotatable bonds is 6. The standard InChI is InChI=1S/C15H20N2O5S/c1-4-10(2)16-15(20)17-13(18)9-22-14(19)11-7-5-6-8-12(11)23(3)21/h5-8,10H,4,9H2,1-3H3,(H2,16,17,18,20)/t10-,23+/m1/s1. The summed E-state index contributed by atoms with van der Waals surface area (Å²) in [5, 5.41) is 4.62. The largest absolute Gasteiger partial charge is 0.452 e. The first-order valence-corrected chi connectivity index (χ1v) is 8.60. The number of urea groups is 1. The first-order valence-electron chi connectivity index (χ1n) is 7.05. The Morgan fingerprint density at radius 1 is 1.26 bits per heavy atom. The topological polar surface area (TPSA) is 102 Å². The molecule has 2 atom stereocenters. The molecule has 8 heteroatoms. The van der Waals surface area contributed by atoms with Crippen LogP contribution in [0.5, 0.6) is 0 Å². The molecule has 2 N–H and O–H groups in total. The Labute approximate surface area is 137 Å². The van der Waals surface area contributed by atoms with Crippen LogP contribution >= 0.6 is 0 Å². The first kappa shape index (κ1) is 18.8. The van der Waals surface area contributed by atoms with E-state index in [4.69, 9.17) is 4.74 Å². The maximum atomic E-state index is 11.9. The third-order valence-corrected chi connectivity index (χ3v) is 3.97. The van der Waals surface area contributed by atoms with Gasteiger partial charge in [0.2, 0.25) is 0 Å². The van der Waals surface area contributed by atoms with E-state index < -0.39 is 35.3 Å². The highest BCUT2D eigenvalue weighted by Crippen LogP contribution is 2.13. The molecule has 0 aromatic heterocycles. The monoisotopic (exact) mass is 340 g/mol. The molecule has 0 fully saturated rings. The Balaban J connectivity index is 2.55. The van der Waals surface area contributed by atoms with E-state index in [0.717, 1.165) is 6.42 Å². The van der Waals surface area contributed by atoms with E-state index in [-0.39, 0.29) is 11.6 Å². The van der Waals surface area contributed by atoms with Gasteiger partial charge in [-0.25, -0.2) is 9.59 Å². The zero-order valence-corrected chi connectivity index (χ0v) is 14.1. The normalized spacial score (nSPS) is 12.8. The summed E-state index contributed by atoms with van der Waals surface area (Å²) in [5.41, 5.74) is 0.130. The molecule has 1 aromatic rings. The van der Waals surface area contributed by atoms with Gasteiger partial charge in [0.05, 0.1) is 21.3 Å². The van der Waals surface area contributed by atoms with Gasteiger partial charge in [0, 0.05) is 12.3 Å². The number of hydrogen-bond acceptors (Lipinski definition) is 5. The van der Waals surface area contributed by atoms with Crippen molar-refractivity contribution in [3.05, 3.63) is 29.8 Å². The Bertz CT molecular complexity index is 618. The SMILES string of the molecule is CC[C@@H](C)NC(=O)NC(=O)COC(=O)c1ccccc1[S@](C)=O. The van der Waals surface area contributed by atoms with Crippen molar-refractivity contribution in [2.75, 3.05) is 12.9 Å². The highest BCUT2D eigenvalue weighted by molar-refractivity contribution is 7.84. The Morgan fingerprint density at radius 3 is 2.52 bits per heavy atom. The van der Waals surface area contributed by atoms with Crippen LogP contribution in [0.3, 0.4) is 0 Å². The summed E-state index contributed by atoms with van der Waals surface area (Å²) in [7, 11) is -1.36. The van der Waals surface area contributed by atoms with Crippen molar-refractivity contribution < 1.29 is 23.3 Å². The van der Waals surface area contributed by atoms with Crippen LogP contribution in [-0.4, -0.2) is 41.0 Å². The fourth-order valence-electron chi connectivity index (χ4n) is 1.62. The van der Waals surface area contributed by atoms with Crippen molar-refractivity contribution in [2.45, 2.75) is 31.2 Å². The van der Waals surface area contributed by atoms with Gasteiger partial charge in [-0.15, -0.1) is 0 Å². The Hall–Kier alpha value is -2.22. The van der Waals surface area contributed by atoms with Crippen LogP contribution in [-0.2, 0) is 20.3 Å². The predicted octanol–water partition coefficient (Wildman–Crippen LogP) is 1.21. The summed E-state index contributed by atoms with van der Waals surface area (Å²) in [6.45, 7) is 3.09. The molecule has 0 bridgehead atoms. The van der Waals surface area contributed by atoms with Crippen molar-refractivity contribution in [3.8, 4) is 0 Å². The molecule has 0 spiro atoms. The maximum Gasteiger partial charge on any atom is 0.339 e. The molecule has 0 saturated carbocycles.